The lowest BCUT2D eigenvalue weighted by Gasteiger charge is -2.37. The van der Waals surface area contributed by atoms with Gasteiger partial charge in [0.1, 0.15) is 6.04 Å². The van der Waals surface area contributed by atoms with Gasteiger partial charge in [-0.15, -0.1) is 0 Å². The van der Waals surface area contributed by atoms with Crippen LogP contribution in [0.1, 0.15) is 20.3 Å². The topological polar surface area (TPSA) is 88.1 Å². The number of carboxylic acids is 1. The van der Waals surface area contributed by atoms with Crippen LogP contribution in [0.15, 0.2) is 12.1 Å². The van der Waals surface area contributed by atoms with Gasteiger partial charge in [0.25, 0.3) is 0 Å². The van der Waals surface area contributed by atoms with Crippen LogP contribution in [0.3, 0.4) is 0 Å². The molecule has 1 aliphatic heterocycles. The van der Waals surface area contributed by atoms with Crippen molar-refractivity contribution in [2.24, 2.45) is 5.92 Å². The third-order valence-electron chi connectivity index (χ3n) is 3.85. The van der Waals surface area contributed by atoms with Gasteiger partial charge < -0.3 is 24.8 Å². The molecular formula is C16H22N2O5. The van der Waals surface area contributed by atoms with Gasteiger partial charge in [0.15, 0.2) is 11.5 Å². The number of ether oxygens (including phenoxy) is 2. The SMILES string of the molecule is COc1cc2c(cc1OC)N(CCC(=O)O)C(=O)C(C(C)C)N2. The van der Waals surface area contributed by atoms with Crippen molar-refractivity contribution < 1.29 is 24.2 Å². The number of fused-ring (bicyclic) bond motifs is 1. The molecule has 2 N–H and O–H groups in total. The van der Waals surface area contributed by atoms with Crippen LogP contribution in [-0.2, 0) is 9.59 Å². The molecule has 0 aromatic heterocycles. The van der Waals surface area contributed by atoms with E-state index in [2.05, 4.69) is 5.32 Å². The first-order chi connectivity index (χ1) is 10.9. The molecule has 0 spiro atoms. The lowest BCUT2D eigenvalue weighted by Crippen LogP contribution is -2.50. The van der Waals surface area contributed by atoms with Gasteiger partial charge in [0, 0.05) is 18.7 Å². The van der Waals surface area contributed by atoms with Crippen LogP contribution in [-0.4, -0.2) is 43.8 Å². The highest BCUT2D eigenvalue weighted by atomic mass is 16.5. The number of nitrogens with zero attached hydrogens (tertiary/aromatic N) is 1. The maximum atomic E-state index is 12.7. The molecular weight excluding hydrogens is 300 g/mol. The largest absolute Gasteiger partial charge is 0.493 e. The minimum Gasteiger partial charge on any atom is -0.493 e. The van der Waals surface area contributed by atoms with Gasteiger partial charge in [-0.25, -0.2) is 0 Å². The number of benzene rings is 1. The molecule has 0 saturated carbocycles. The van der Waals surface area contributed by atoms with Crippen LogP contribution < -0.4 is 19.7 Å². The van der Waals surface area contributed by atoms with Gasteiger partial charge in [-0.1, -0.05) is 13.8 Å². The fourth-order valence-corrected chi connectivity index (χ4v) is 2.61. The predicted molar refractivity (Wildman–Crippen MR) is 86.4 cm³/mol. The lowest BCUT2D eigenvalue weighted by atomic mass is 9.98. The van der Waals surface area contributed by atoms with E-state index in [1.54, 1.807) is 19.2 Å². The van der Waals surface area contributed by atoms with E-state index in [4.69, 9.17) is 14.6 Å². The number of carboxylic acid groups (broad SMARTS) is 1. The zero-order valence-corrected chi connectivity index (χ0v) is 13.8. The maximum absolute atomic E-state index is 12.7. The fraction of sp³-hybridized carbons (Fsp3) is 0.500. The van der Waals surface area contributed by atoms with Crippen molar-refractivity contribution in [2.45, 2.75) is 26.3 Å². The van der Waals surface area contributed by atoms with E-state index < -0.39 is 12.0 Å². The molecule has 1 heterocycles. The summed E-state index contributed by atoms with van der Waals surface area (Å²) in [5, 5.41) is 12.2. The normalized spacial score (nSPS) is 16.8. The molecule has 1 aromatic carbocycles. The van der Waals surface area contributed by atoms with Crippen molar-refractivity contribution >= 4 is 23.3 Å². The van der Waals surface area contributed by atoms with Crippen molar-refractivity contribution in [3.05, 3.63) is 12.1 Å². The summed E-state index contributed by atoms with van der Waals surface area (Å²) in [6.07, 6.45) is -0.121. The summed E-state index contributed by atoms with van der Waals surface area (Å²) in [6, 6.07) is 3.05. The van der Waals surface area contributed by atoms with Gasteiger partial charge in [0.05, 0.1) is 32.0 Å². The summed E-state index contributed by atoms with van der Waals surface area (Å²) in [6.45, 7) is 3.99. The van der Waals surface area contributed by atoms with Crippen molar-refractivity contribution in [2.75, 3.05) is 31.0 Å². The average Bonchev–Trinajstić information content (AvgIpc) is 2.51. The van der Waals surface area contributed by atoms with Gasteiger partial charge >= 0.3 is 5.97 Å². The first kappa shape index (κ1) is 16.9. The Hall–Kier alpha value is -2.44. The molecule has 1 amide bonds. The molecule has 126 valence electrons. The van der Waals surface area contributed by atoms with Crippen LogP contribution in [0.4, 0.5) is 11.4 Å². The summed E-state index contributed by atoms with van der Waals surface area (Å²) in [5.74, 6) is 0.0227. The minimum absolute atomic E-state index is 0.0658. The second-order valence-corrected chi connectivity index (χ2v) is 5.72. The van der Waals surface area contributed by atoms with E-state index >= 15 is 0 Å². The van der Waals surface area contributed by atoms with Crippen LogP contribution in [0.25, 0.3) is 0 Å². The molecule has 7 heteroatoms. The lowest BCUT2D eigenvalue weighted by molar-refractivity contribution is -0.136. The Bertz CT molecular complexity index is 615. The molecule has 0 aliphatic carbocycles. The molecule has 0 radical (unpaired) electrons. The van der Waals surface area contributed by atoms with Crippen molar-refractivity contribution in [3.63, 3.8) is 0 Å². The number of anilines is 2. The number of methoxy groups -OCH3 is 2. The first-order valence-corrected chi connectivity index (χ1v) is 7.44. The summed E-state index contributed by atoms with van der Waals surface area (Å²) >= 11 is 0. The van der Waals surface area contributed by atoms with Crippen LogP contribution in [0, 0.1) is 5.92 Å². The molecule has 1 aromatic rings. The number of hydrogen-bond donors (Lipinski definition) is 2. The average molecular weight is 322 g/mol. The van der Waals surface area contributed by atoms with E-state index in [-0.39, 0.29) is 24.8 Å². The summed E-state index contributed by atoms with van der Waals surface area (Å²) < 4.78 is 10.6. The fourth-order valence-electron chi connectivity index (χ4n) is 2.61. The number of carbonyl (C=O) groups excluding carboxylic acids is 1. The first-order valence-electron chi connectivity index (χ1n) is 7.44. The van der Waals surface area contributed by atoms with Crippen molar-refractivity contribution in [1.82, 2.24) is 0 Å². The number of aliphatic carboxylic acids is 1. The van der Waals surface area contributed by atoms with Gasteiger partial charge in [-0.2, -0.15) is 0 Å². The number of amides is 1. The van der Waals surface area contributed by atoms with E-state index in [0.717, 1.165) is 5.69 Å². The van der Waals surface area contributed by atoms with Crippen molar-refractivity contribution in [3.8, 4) is 11.5 Å². The number of hydrogen-bond acceptors (Lipinski definition) is 5. The zero-order chi connectivity index (χ0) is 17.1. The molecule has 7 nitrogen and oxygen atoms in total. The van der Waals surface area contributed by atoms with E-state index in [9.17, 15) is 9.59 Å². The molecule has 2 rings (SSSR count). The summed E-state index contributed by atoms with van der Waals surface area (Å²) in [5.41, 5.74) is 1.33. The second-order valence-electron chi connectivity index (χ2n) is 5.72. The Kier molecular flexibility index (Phi) is 4.98. The third-order valence-corrected chi connectivity index (χ3v) is 3.85. The monoisotopic (exact) mass is 322 g/mol. The third kappa shape index (κ3) is 3.33. The Morgan fingerprint density at radius 3 is 2.43 bits per heavy atom. The molecule has 1 unspecified atom stereocenters. The highest BCUT2D eigenvalue weighted by molar-refractivity contribution is 6.06. The second kappa shape index (κ2) is 6.76. The molecule has 0 bridgehead atoms. The predicted octanol–water partition coefficient (Wildman–Crippen LogP) is 1.96. The van der Waals surface area contributed by atoms with Gasteiger partial charge in [0.2, 0.25) is 5.91 Å². The molecule has 1 aliphatic rings. The van der Waals surface area contributed by atoms with E-state index in [1.165, 1.54) is 12.0 Å². The van der Waals surface area contributed by atoms with Crippen LogP contribution in [0.5, 0.6) is 11.5 Å². The molecule has 0 saturated heterocycles. The smallest absolute Gasteiger partial charge is 0.305 e. The van der Waals surface area contributed by atoms with Crippen molar-refractivity contribution in [1.29, 1.82) is 0 Å². The quantitative estimate of drug-likeness (QED) is 0.832. The highest BCUT2D eigenvalue weighted by Gasteiger charge is 2.35. The van der Waals surface area contributed by atoms with E-state index in [1.807, 2.05) is 13.8 Å². The Morgan fingerprint density at radius 1 is 1.30 bits per heavy atom. The molecule has 23 heavy (non-hydrogen) atoms. The Labute approximate surface area is 135 Å². The number of rotatable bonds is 6. The standard InChI is InChI=1S/C16H22N2O5/c1-9(2)15-16(21)18(6-5-14(19)20)11-8-13(23-4)12(22-3)7-10(11)17-15/h7-9,15,17H,5-6H2,1-4H3,(H,19,20). The number of carbonyl (C=O) groups is 2. The van der Waals surface area contributed by atoms with E-state index in [0.29, 0.717) is 17.2 Å². The number of nitrogens with one attached hydrogen (secondary N) is 1. The Balaban J connectivity index is 2.48. The van der Waals surface area contributed by atoms with Crippen LogP contribution in [0.2, 0.25) is 0 Å². The molecule has 0 fully saturated rings. The summed E-state index contributed by atoms with van der Waals surface area (Å²) in [7, 11) is 3.06. The van der Waals surface area contributed by atoms with Gasteiger partial charge in [-0.3, -0.25) is 9.59 Å². The maximum Gasteiger partial charge on any atom is 0.305 e. The minimum atomic E-state index is -0.945. The summed E-state index contributed by atoms with van der Waals surface area (Å²) in [4.78, 5) is 25.1. The zero-order valence-electron chi connectivity index (χ0n) is 13.8. The van der Waals surface area contributed by atoms with Crippen LogP contribution >= 0.6 is 0 Å². The van der Waals surface area contributed by atoms with Gasteiger partial charge in [-0.05, 0) is 5.92 Å². The Morgan fingerprint density at radius 2 is 1.91 bits per heavy atom. The highest BCUT2D eigenvalue weighted by Crippen LogP contribution is 2.41. The molecule has 1 atom stereocenters.